The minimum atomic E-state index is -0.133. The smallest absolute Gasteiger partial charge is 0.124 e. The van der Waals surface area contributed by atoms with Crippen LogP contribution in [0.3, 0.4) is 0 Å². The zero-order valence-corrected chi connectivity index (χ0v) is 13.5. The molecule has 0 heterocycles. The maximum absolute atomic E-state index is 6.21. The first kappa shape index (κ1) is 15.5. The van der Waals surface area contributed by atoms with Crippen molar-refractivity contribution in [3.63, 3.8) is 0 Å². The maximum Gasteiger partial charge on any atom is 0.124 e. The largest absolute Gasteiger partial charge is 0.496 e. The van der Waals surface area contributed by atoms with E-state index in [1.807, 2.05) is 31.2 Å². The van der Waals surface area contributed by atoms with Gasteiger partial charge in [-0.3, -0.25) is 0 Å². The molecule has 0 bridgehead atoms. The van der Waals surface area contributed by atoms with Crippen molar-refractivity contribution in [1.82, 2.24) is 0 Å². The maximum atomic E-state index is 6.21. The molecule has 0 fully saturated rings. The van der Waals surface area contributed by atoms with E-state index in [-0.39, 0.29) is 6.04 Å². The fourth-order valence-corrected chi connectivity index (χ4v) is 3.52. The van der Waals surface area contributed by atoms with Gasteiger partial charge in [-0.15, -0.1) is 0 Å². The van der Waals surface area contributed by atoms with Gasteiger partial charge in [0.25, 0.3) is 0 Å². The van der Waals surface area contributed by atoms with Gasteiger partial charge >= 0.3 is 0 Å². The highest BCUT2D eigenvalue weighted by molar-refractivity contribution is 7.99. The number of hydrogen-bond acceptors (Lipinski definition) is 3. The Hall–Kier alpha value is -0.870. The normalized spacial score (nSPS) is 12.2. The number of halogens is 2. The Morgan fingerprint density at radius 2 is 1.90 bits per heavy atom. The van der Waals surface area contributed by atoms with Crippen LogP contribution in [0.1, 0.15) is 18.5 Å². The van der Waals surface area contributed by atoms with Crippen LogP contribution in [0.2, 0.25) is 10.0 Å². The van der Waals surface area contributed by atoms with Gasteiger partial charge in [0.15, 0.2) is 0 Å². The first-order valence-corrected chi connectivity index (χ1v) is 7.65. The predicted octanol–water partition coefficient (Wildman–Crippen LogP) is 5.17. The average Bonchev–Trinajstić information content (AvgIpc) is 2.42. The van der Waals surface area contributed by atoms with Crippen LogP contribution in [0.4, 0.5) is 0 Å². The quantitative estimate of drug-likeness (QED) is 0.840. The molecule has 2 N–H and O–H groups in total. The number of hydrogen-bond donors (Lipinski definition) is 1. The molecule has 20 heavy (non-hydrogen) atoms. The summed E-state index contributed by atoms with van der Waals surface area (Å²) in [6.45, 7) is 1.93. The lowest BCUT2D eigenvalue weighted by Crippen LogP contribution is -2.08. The van der Waals surface area contributed by atoms with Crippen molar-refractivity contribution in [3.05, 3.63) is 52.0 Å². The van der Waals surface area contributed by atoms with Crippen LogP contribution in [-0.2, 0) is 0 Å². The number of methoxy groups -OCH3 is 1. The van der Waals surface area contributed by atoms with Crippen molar-refractivity contribution in [1.29, 1.82) is 0 Å². The summed E-state index contributed by atoms with van der Waals surface area (Å²) in [5.41, 5.74) is 7.03. The van der Waals surface area contributed by atoms with Gasteiger partial charge in [0.05, 0.1) is 12.1 Å². The average molecular weight is 328 g/mol. The van der Waals surface area contributed by atoms with Crippen molar-refractivity contribution in [3.8, 4) is 5.75 Å². The molecule has 0 saturated carbocycles. The number of benzene rings is 2. The highest BCUT2D eigenvalue weighted by atomic mass is 35.5. The minimum absolute atomic E-state index is 0.133. The van der Waals surface area contributed by atoms with E-state index in [0.717, 1.165) is 21.1 Å². The molecule has 1 atom stereocenters. The van der Waals surface area contributed by atoms with Crippen molar-refractivity contribution < 1.29 is 4.74 Å². The molecule has 0 saturated heterocycles. The van der Waals surface area contributed by atoms with E-state index in [2.05, 4.69) is 0 Å². The van der Waals surface area contributed by atoms with E-state index in [9.17, 15) is 0 Å². The first-order chi connectivity index (χ1) is 9.52. The van der Waals surface area contributed by atoms with Crippen LogP contribution in [0.5, 0.6) is 5.75 Å². The molecule has 0 aromatic heterocycles. The summed E-state index contributed by atoms with van der Waals surface area (Å²) in [5.74, 6) is 0.781. The van der Waals surface area contributed by atoms with Gasteiger partial charge in [0, 0.05) is 26.4 Å². The monoisotopic (exact) mass is 327 g/mol. The molecule has 2 aromatic rings. The van der Waals surface area contributed by atoms with E-state index >= 15 is 0 Å². The molecular formula is C15H15Cl2NOS. The summed E-state index contributed by atoms with van der Waals surface area (Å²) in [6.07, 6.45) is 0. The summed E-state index contributed by atoms with van der Waals surface area (Å²) < 4.78 is 5.39. The minimum Gasteiger partial charge on any atom is -0.496 e. The Bertz CT molecular complexity index is 617. The van der Waals surface area contributed by atoms with Crippen LogP contribution in [0.25, 0.3) is 0 Å². The van der Waals surface area contributed by atoms with Gasteiger partial charge in [-0.2, -0.15) is 0 Å². The van der Waals surface area contributed by atoms with Crippen LogP contribution in [0.15, 0.2) is 46.2 Å². The zero-order valence-electron chi connectivity index (χ0n) is 11.2. The van der Waals surface area contributed by atoms with Gasteiger partial charge in [0.2, 0.25) is 0 Å². The Labute approximate surface area is 133 Å². The molecule has 0 unspecified atom stereocenters. The SMILES string of the molecule is COc1cccc(Sc2cc(Cl)ccc2Cl)c1[C@H](C)N. The van der Waals surface area contributed by atoms with Gasteiger partial charge in [-0.25, -0.2) is 0 Å². The molecular weight excluding hydrogens is 313 g/mol. The molecule has 2 nitrogen and oxygen atoms in total. The van der Waals surface area contributed by atoms with Gasteiger partial charge in [0.1, 0.15) is 5.75 Å². The van der Waals surface area contributed by atoms with Gasteiger partial charge in [-0.1, -0.05) is 41.0 Å². The standard InChI is InChI=1S/C15H15Cl2NOS/c1-9(18)15-12(19-2)4-3-5-13(15)20-14-8-10(16)6-7-11(14)17/h3-9H,18H2,1-2H3/t9-/m0/s1. The molecule has 5 heteroatoms. The van der Waals surface area contributed by atoms with Crippen molar-refractivity contribution in [2.45, 2.75) is 22.8 Å². The summed E-state index contributed by atoms with van der Waals surface area (Å²) in [4.78, 5) is 1.91. The van der Waals surface area contributed by atoms with Crippen molar-refractivity contribution in [2.75, 3.05) is 7.11 Å². The third-order valence-corrected chi connectivity index (χ3v) is 4.62. The molecule has 0 spiro atoms. The van der Waals surface area contributed by atoms with Crippen LogP contribution >= 0.6 is 35.0 Å². The lowest BCUT2D eigenvalue weighted by molar-refractivity contribution is 0.405. The molecule has 2 aromatic carbocycles. The van der Waals surface area contributed by atoms with E-state index in [4.69, 9.17) is 33.7 Å². The van der Waals surface area contributed by atoms with E-state index in [1.165, 1.54) is 11.8 Å². The molecule has 106 valence electrons. The fourth-order valence-electron chi connectivity index (χ4n) is 1.91. The van der Waals surface area contributed by atoms with E-state index in [0.29, 0.717) is 10.0 Å². The third-order valence-electron chi connectivity index (χ3n) is 2.81. The molecule has 0 aliphatic rings. The van der Waals surface area contributed by atoms with Gasteiger partial charge in [-0.05, 0) is 37.3 Å². The molecule has 0 aliphatic carbocycles. The summed E-state index contributed by atoms with van der Waals surface area (Å²) in [5, 5.41) is 1.32. The van der Waals surface area contributed by atoms with Crippen molar-refractivity contribution in [2.24, 2.45) is 5.73 Å². The Morgan fingerprint density at radius 3 is 2.55 bits per heavy atom. The lowest BCUT2D eigenvalue weighted by Gasteiger charge is -2.16. The zero-order chi connectivity index (χ0) is 14.7. The first-order valence-electron chi connectivity index (χ1n) is 6.08. The topological polar surface area (TPSA) is 35.2 Å². The predicted molar refractivity (Wildman–Crippen MR) is 86.2 cm³/mol. The summed E-state index contributed by atoms with van der Waals surface area (Å²) >= 11 is 13.8. The van der Waals surface area contributed by atoms with E-state index in [1.54, 1.807) is 19.2 Å². The van der Waals surface area contributed by atoms with Gasteiger partial charge < -0.3 is 10.5 Å². The summed E-state index contributed by atoms with van der Waals surface area (Å²) in [6, 6.07) is 11.1. The highest BCUT2D eigenvalue weighted by Crippen LogP contribution is 2.40. The van der Waals surface area contributed by atoms with Crippen LogP contribution in [0, 0.1) is 0 Å². The highest BCUT2D eigenvalue weighted by Gasteiger charge is 2.15. The fraction of sp³-hybridized carbons (Fsp3) is 0.200. The summed E-state index contributed by atoms with van der Waals surface area (Å²) in [7, 11) is 1.64. The molecule has 0 radical (unpaired) electrons. The number of rotatable bonds is 4. The number of ether oxygens (including phenoxy) is 1. The Balaban J connectivity index is 2.45. The van der Waals surface area contributed by atoms with Crippen molar-refractivity contribution >= 4 is 35.0 Å². The second-order valence-corrected chi connectivity index (χ2v) is 6.26. The molecule has 2 rings (SSSR count). The Morgan fingerprint density at radius 1 is 1.15 bits per heavy atom. The second-order valence-electron chi connectivity index (χ2n) is 4.34. The van der Waals surface area contributed by atoms with E-state index < -0.39 is 0 Å². The van der Waals surface area contributed by atoms with Crippen LogP contribution < -0.4 is 10.5 Å². The Kier molecular flexibility index (Phi) is 5.22. The second kappa shape index (κ2) is 6.72. The number of nitrogens with two attached hydrogens (primary N) is 1. The van der Waals surface area contributed by atoms with Crippen LogP contribution in [-0.4, -0.2) is 7.11 Å². The lowest BCUT2D eigenvalue weighted by atomic mass is 10.1. The molecule has 0 aliphatic heterocycles. The molecule has 0 amide bonds. The third kappa shape index (κ3) is 3.41.